The number of halogens is 4. The molecule has 0 aliphatic carbocycles. The van der Waals surface area contributed by atoms with Crippen LogP contribution in [0, 0.1) is 0 Å². The first kappa shape index (κ1) is 14.5. The van der Waals surface area contributed by atoms with Crippen LogP contribution in [0.5, 0.6) is 11.5 Å². The second-order valence-corrected chi connectivity index (χ2v) is 4.27. The summed E-state index contributed by atoms with van der Waals surface area (Å²) < 4.78 is 46.4. The van der Waals surface area contributed by atoms with Gasteiger partial charge in [-0.3, -0.25) is 0 Å². The highest BCUT2D eigenvalue weighted by atomic mass is 35.5. The molecule has 2 nitrogen and oxygen atoms in total. The molecule has 0 amide bonds. The lowest BCUT2D eigenvalue weighted by Crippen LogP contribution is -2.17. The van der Waals surface area contributed by atoms with Crippen LogP contribution < -0.4 is 9.47 Å². The number of methoxy groups -OCH3 is 1. The zero-order valence-corrected chi connectivity index (χ0v) is 11.1. The molecule has 0 radical (unpaired) electrons. The lowest BCUT2D eigenvalue weighted by atomic mass is 10.0. The number of para-hydroxylation sites is 2. The zero-order chi connectivity index (χ0) is 14.8. The van der Waals surface area contributed by atoms with Crippen LogP contribution in [0.4, 0.5) is 13.2 Å². The molecule has 0 heterocycles. The van der Waals surface area contributed by atoms with E-state index in [1.807, 2.05) is 0 Å². The summed E-state index contributed by atoms with van der Waals surface area (Å²) in [5.41, 5.74) is 0.684. The highest BCUT2D eigenvalue weighted by Crippen LogP contribution is 2.41. The van der Waals surface area contributed by atoms with Crippen LogP contribution >= 0.6 is 11.6 Å². The molecule has 2 aromatic rings. The molecule has 0 bridgehead atoms. The topological polar surface area (TPSA) is 18.5 Å². The van der Waals surface area contributed by atoms with Crippen molar-refractivity contribution >= 4 is 11.6 Å². The van der Waals surface area contributed by atoms with Crippen LogP contribution in [-0.2, 0) is 0 Å². The third kappa shape index (κ3) is 3.17. The lowest BCUT2D eigenvalue weighted by molar-refractivity contribution is -0.274. The maximum Gasteiger partial charge on any atom is 0.573 e. The smallest absolute Gasteiger partial charge is 0.495 e. The van der Waals surface area contributed by atoms with Gasteiger partial charge in [-0.2, -0.15) is 0 Å². The molecule has 0 fully saturated rings. The summed E-state index contributed by atoms with van der Waals surface area (Å²) >= 11 is 5.98. The van der Waals surface area contributed by atoms with Crippen molar-refractivity contribution in [1.82, 2.24) is 0 Å². The van der Waals surface area contributed by atoms with Crippen molar-refractivity contribution in [2.45, 2.75) is 6.36 Å². The van der Waals surface area contributed by atoms with Crippen LogP contribution in [0.15, 0.2) is 42.5 Å². The number of hydrogen-bond donors (Lipinski definition) is 0. The predicted molar refractivity (Wildman–Crippen MR) is 70.1 cm³/mol. The fourth-order valence-electron chi connectivity index (χ4n) is 1.83. The summed E-state index contributed by atoms with van der Waals surface area (Å²) in [7, 11) is 1.40. The Hall–Kier alpha value is -1.88. The Morgan fingerprint density at radius 1 is 0.950 bits per heavy atom. The number of rotatable bonds is 3. The number of ether oxygens (including phenoxy) is 2. The monoisotopic (exact) mass is 302 g/mol. The van der Waals surface area contributed by atoms with E-state index in [2.05, 4.69) is 4.74 Å². The van der Waals surface area contributed by atoms with E-state index in [0.717, 1.165) is 0 Å². The molecule has 2 aromatic carbocycles. The van der Waals surface area contributed by atoms with Crippen LogP contribution in [0.25, 0.3) is 11.1 Å². The first-order chi connectivity index (χ1) is 9.42. The van der Waals surface area contributed by atoms with Gasteiger partial charge in [0.2, 0.25) is 0 Å². The Bertz CT molecular complexity index is 612. The Balaban J connectivity index is 2.56. The fraction of sp³-hybridized carbons (Fsp3) is 0.143. The van der Waals surface area contributed by atoms with Gasteiger partial charge in [0.05, 0.1) is 12.1 Å². The van der Waals surface area contributed by atoms with Crippen molar-refractivity contribution in [1.29, 1.82) is 0 Å². The molecular weight excluding hydrogens is 293 g/mol. The third-order valence-electron chi connectivity index (χ3n) is 2.57. The summed E-state index contributed by atoms with van der Waals surface area (Å²) in [6.07, 6.45) is -4.76. The van der Waals surface area contributed by atoms with E-state index in [4.69, 9.17) is 16.3 Å². The van der Waals surface area contributed by atoms with E-state index in [0.29, 0.717) is 16.3 Å². The summed E-state index contributed by atoms with van der Waals surface area (Å²) in [4.78, 5) is 0. The average Bonchev–Trinajstić information content (AvgIpc) is 2.37. The zero-order valence-electron chi connectivity index (χ0n) is 10.4. The van der Waals surface area contributed by atoms with Gasteiger partial charge in [0.1, 0.15) is 11.5 Å². The van der Waals surface area contributed by atoms with Crippen molar-refractivity contribution < 1.29 is 22.6 Å². The minimum Gasteiger partial charge on any atom is -0.495 e. The molecule has 0 saturated heterocycles. The van der Waals surface area contributed by atoms with Crippen molar-refractivity contribution in [3.63, 3.8) is 0 Å². The van der Waals surface area contributed by atoms with Crippen LogP contribution in [0.2, 0.25) is 5.02 Å². The SMILES string of the molecule is COc1c(Cl)cccc1-c1ccccc1OC(F)(F)F. The van der Waals surface area contributed by atoms with Crippen molar-refractivity contribution in [3.05, 3.63) is 47.5 Å². The van der Waals surface area contributed by atoms with Gasteiger partial charge in [0, 0.05) is 11.1 Å². The summed E-state index contributed by atoms with van der Waals surface area (Å²) in [6, 6.07) is 10.7. The van der Waals surface area contributed by atoms with E-state index >= 15 is 0 Å². The van der Waals surface area contributed by atoms with Gasteiger partial charge in [-0.05, 0) is 12.1 Å². The van der Waals surface area contributed by atoms with E-state index in [9.17, 15) is 13.2 Å². The Kier molecular flexibility index (Phi) is 4.09. The second kappa shape index (κ2) is 5.63. The lowest BCUT2D eigenvalue weighted by Gasteiger charge is -2.15. The van der Waals surface area contributed by atoms with Gasteiger partial charge >= 0.3 is 6.36 Å². The average molecular weight is 303 g/mol. The summed E-state index contributed by atoms with van der Waals surface area (Å²) in [5, 5.41) is 0.312. The van der Waals surface area contributed by atoms with Gasteiger partial charge in [-0.15, -0.1) is 13.2 Å². The van der Waals surface area contributed by atoms with Crippen molar-refractivity contribution in [2.24, 2.45) is 0 Å². The minimum atomic E-state index is -4.76. The molecule has 0 N–H and O–H groups in total. The van der Waals surface area contributed by atoms with Crippen LogP contribution in [0.3, 0.4) is 0 Å². The molecule has 0 aromatic heterocycles. The third-order valence-corrected chi connectivity index (χ3v) is 2.87. The first-order valence-corrected chi connectivity index (χ1v) is 5.98. The molecule has 0 aliphatic heterocycles. The van der Waals surface area contributed by atoms with E-state index in [1.54, 1.807) is 24.3 Å². The number of benzene rings is 2. The Morgan fingerprint density at radius 2 is 1.60 bits per heavy atom. The maximum atomic E-state index is 12.4. The molecule has 20 heavy (non-hydrogen) atoms. The first-order valence-electron chi connectivity index (χ1n) is 5.60. The number of hydrogen-bond acceptors (Lipinski definition) is 2. The molecule has 0 aliphatic rings. The highest BCUT2D eigenvalue weighted by Gasteiger charge is 2.32. The minimum absolute atomic E-state index is 0.254. The molecule has 2 rings (SSSR count). The normalized spacial score (nSPS) is 11.2. The second-order valence-electron chi connectivity index (χ2n) is 3.86. The van der Waals surface area contributed by atoms with Gasteiger partial charge in [-0.25, -0.2) is 0 Å². The molecular formula is C14H10ClF3O2. The molecule has 6 heteroatoms. The maximum absolute atomic E-state index is 12.4. The van der Waals surface area contributed by atoms with Crippen molar-refractivity contribution in [3.8, 4) is 22.6 Å². The van der Waals surface area contributed by atoms with Crippen molar-refractivity contribution in [2.75, 3.05) is 7.11 Å². The molecule has 0 atom stereocenters. The van der Waals surface area contributed by atoms with Gasteiger partial charge in [0.15, 0.2) is 0 Å². The largest absolute Gasteiger partial charge is 0.573 e. The Morgan fingerprint density at radius 3 is 2.25 bits per heavy atom. The summed E-state index contributed by atoms with van der Waals surface area (Å²) in [6.45, 7) is 0. The molecule has 106 valence electrons. The molecule has 0 spiro atoms. The van der Waals surface area contributed by atoms with E-state index in [-0.39, 0.29) is 11.3 Å². The Labute approximate surface area is 118 Å². The summed E-state index contributed by atoms with van der Waals surface area (Å²) in [5.74, 6) is -0.00652. The highest BCUT2D eigenvalue weighted by molar-refractivity contribution is 6.32. The van der Waals surface area contributed by atoms with E-state index < -0.39 is 6.36 Å². The molecule has 0 unspecified atom stereocenters. The molecule has 0 saturated carbocycles. The standard InChI is InChI=1S/C14H10ClF3O2/c1-19-13-10(6-4-7-11(13)15)9-5-2-3-8-12(9)20-14(16,17)18/h2-8H,1H3. The predicted octanol–water partition coefficient (Wildman–Crippen LogP) is 4.91. The number of alkyl halides is 3. The van der Waals surface area contributed by atoms with E-state index in [1.165, 1.54) is 25.3 Å². The quantitative estimate of drug-likeness (QED) is 0.801. The van der Waals surface area contributed by atoms with Gasteiger partial charge < -0.3 is 9.47 Å². The van der Waals surface area contributed by atoms with Gasteiger partial charge in [0.25, 0.3) is 0 Å². The fourth-order valence-corrected chi connectivity index (χ4v) is 2.08. The van der Waals surface area contributed by atoms with Crippen LogP contribution in [0.1, 0.15) is 0 Å². The van der Waals surface area contributed by atoms with Gasteiger partial charge in [-0.1, -0.05) is 41.9 Å². The van der Waals surface area contributed by atoms with Crippen LogP contribution in [-0.4, -0.2) is 13.5 Å².